The monoisotopic (exact) mass is 407 g/mol. The molecule has 4 aromatic rings. The zero-order valence-corrected chi connectivity index (χ0v) is 16.9. The summed E-state index contributed by atoms with van der Waals surface area (Å²) in [5.74, 6) is 0. The molecule has 2 heterocycles. The number of piperazine rings is 1. The number of aromatic nitrogens is 1. The van der Waals surface area contributed by atoms with Crippen LogP contribution in [0.1, 0.15) is 0 Å². The molecule has 3 aromatic carbocycles. The number of benzene rings is 3. The minimum atomic E-state index is -3.78. The number of hydrogen-bond donors (Lipinski definition) is 0. The zero-order chi connectivity index (χ0) is 20.0. The Balaban J connectivity index is 1.64. The van der Waals surface area contributed by atoms with Crippen molar-refractivity contribution in [2.24, 2.45) is 0 Å². The molecule has 0 aliphatic carbocycles. The summed E-state index contributed by atoms with van der Waals surface area (Å²) >= 11 is 0. The van der Waals surface area contributed by atoms with Gasteiger partial charge in [-0.1, -0.05) is 42.5 Å². The van der Waals surface area contributed by atoms with E-state index in [0.29, 0.717) is 22.5 Å². The second-order valence-corrected chi connectivity index (χ2v) is 9.26. The minimum absolute atomic E-state index is 0.152. The molecule has 0 N–H and O–H groups in total. The highest BCUT2D eigenvalue weighted by atomic mass is 32.2. The standard InChI is InChI=1S/C22H21N3O3S/c1-24-12-14-25(15-13-24)22-23-18-9-5-11-20(21(18)28-22)29(26,27)19-10-4-7-16-6-2-3-8-17(16)19/h2-11H,12-15H2,1H3. The zero-order valence-electron chi connectivity index (χ0n) is 16.1. The normalized spacial score (nSPS) is 16.0. The van der Waals surface area contributed by atoms with Gasteiger partial charge in [0.25, 0.3) is 6.01 Å². The van der Waals surface area contributed by atoms with Gasteiger partial charge in [0.1, 0.15) is 10.4 Å². The number of likely N-dealkylation sites (N-methyl/N-ethyl adjacent to an activating group) is 1. The van der Waals surface area contributed by atoms with Crippen LogP contribution in [0.2, 0.25) is 0 Å². The van der Waals surface area contributed by atoms with Crippen molar-refractivity contribution in [2.45, 2.75) is 9.79 Å². The topological polar surface area (TPSA) is 66.7 Å². The summed E-state index contributed by atoms with van der Waals surface area (Å²) in [6.45, 7) is 3.43. The Bertz CT molecular complexity index is 1300. The SMILES string of the molecule is CN1CCN(c2nc3cccc(S(=O)(=O)c4cccc5ccccc45)c3o2)CC1. The number of hydrogen-bond acceptors (Lipinski definition) is 6. The number of sulfone groups is 1. The van der Waals surface area contributed by atoms with E-state index in [-0.39, 0.29) is 9.79 Å². The largest absolute Gasteiger partial charge is 0.422 e. The van der Waals surface area contributed by atoms with Gasteiger partial charge in [0, 0.05) is 31.6 Å². The minimum Gasteiger partial charge on any atom is -0.422 e. The summed E-state index contributed by atoms with van der Waals surface area (Å²) in [5.41, 5.74) is 0.870. The van der Waals surface area contributed by atoms with Crippen molar-refractivity contribution < 1.29 is 12.8 Å². The van der Waals surface area contributed by atoms with Gasteiger partial charge in [-0.05, 0) is 30.6 Å². The van der Waals surface area contributed by atoms with Gasteiger partial charge in [-0.2, -0.15) is 4.98 Å². The highest BCUT2D eigenvalue weighted by Gasteiger charge is 2.27. The first kappa shape index (κ1) is 18.1. The van der Waals surface area contributed by atoms with Gasteiger partial charge in [0.05, 0.1) is 4.90 Å². The van der Waals surface area contributed by atoms with Crippen molar-refractivity contribution in [2.75, 3.05) is 38.1 Å². The second kappa shape index (κ2) is 6.86. The Hall–Kier alpha value is -2.90. The molecule has 1 saturated heterocycles. The highest BCUT2D eigenvalue weighted by Crippen LogP contribution is 2.34. The molecule has 0 amide bonds. The first-order chi connectivity index (χ1) is 14.0. The first-order valence-electron chi connectivity index (χ1n) is 9.60. The molecule has 5 rings (SSSR count). The van der Waals surface area contributed by atoms with Gasteiger partial charge >= 0.3 is 0 Å². The summed E-state index contributed by atoms with van der Waals surface area (Å²) in [6.07, 6.45) is 0. The van der Waals surface area contributed by atoms with Crippen LogP contribution in [0.3, 0.4) is 0 Å². The Morgan fingerprint density at radius 2 is 1.55 bits per heavy atom. The van der Waals surface area contributed by atoms with E-state index < -0.39 is 9.84 Å². The van der Waals surface area contributed by atoms with Crippen molar-refractivity contribution in [3.63, 3.8) is 0 Å². The molecule has 1 aromatic heterocycles. The third kappa shape index (κ3) is 3.07. The average Bonchev–Trinajstić information content (AvgIpc) is 3.18. The number of anilines is 1. The lowest BCUT2D eigenvalue weighted by Crippen LogP contribution is -2.44. The molecular formula is C22H21N3O3S. The maximum absolute atomic E-state index is 13.6. The van der Waals surface area contributed by atoms with Crippen molar-refractivity contribution in [3.8, 4) is 0 Å². The van der Waals surface area contributed by atoms with Gasteiger partial charge in [-0.15, -0.1) is 0 Å². The Morgan fingerprint density at radius 1 is 0.862 bits per heavy atom. The molecule has 7 heteroatoms. The van der Waals surface area contributed by atoms with Gasteiger partial charge < -0.3 is 14.2 Å². The summed E-state index contributed by atoms with van der Waals surface area (Å²) < 4.78 is 33.2. The van der Waals surface area contributed by atoms with Crippen LogP contribution in [-0.4, -0.2) is 51.5 Å². The fourth-order valence-electron chi connectivity index (χ4n) is 3.81. The van der Waals surface area contributed by atoms with E-state index in [1.165, 1.54) is 0 Å². The number of nitrogens with zero attached hydrogens (tertiary/aromatic N) is 3. The number of rotatable bonds is 3. The summed E-state index contributed by atoms with van der Waals surface area (Å²) in [5, 5.41) is 1.59. The van der Waals surface area contributed by atoms with Crippen LogP contribution in [0.25, 0.3) is 21.9 Å². The van der Waals surface area contributed by atoms with Gasteiger partial charge in [0.2, 0.25) is 9.84 Å². The van der Waals surface area contributed by atoms with E-state index in [1.807, 2.05) is 30.3 Å². The quantitative estimate of drug-likeness (QED) is 0.517. The molecule has 6 nitrogen and oxygen atoms in total. The smallest absolute Gasteiger partial charge is 0.298 e. The third-order valence-electron chi connectivity index (χ3n) is 5.47. The molecule has 0 atom stereocenters. The maximum atomic E-state index is 13.6. The van der Waals surface area contributed by atoms with Crippen LogP contribution in [0.5, 0.6) is 0 Å². The highest BCUT2D eigenvalue weighted by molar-refractivity contribution is 7.92. The van der Waals surface area contributed by atoms with E-state index in [1.54, 1.807) is 30.3 Å². The fraction of sp³-hybridized carbons (Fsp3) is 0.227. The Labute approximate surface area is 169 Å². The van der Waals surface area contributed by atoms with Crippen LogP contribution in [0, 0.1) is 0 Å². The van der Waals surface area contributed by atoms with E-state index in [9.17, 15) is 8.42 Å². The molecule has 0 spiro atoms. The summed E-state index contributed by atoms with van der Waals surface area (Å²) in [7, 11) is -1.70. The molecule has 1 aliphatic rings. The van der Waals surface area contributed by atoms with E-state index in [2.05, 4.69) is 21.8 Å². The van der Waals surface area contributed by atoms with Gasteiger partial charge in [0.15, 0.2) is 5.58 Å². The van der Waals surface area contributed by atoms with Crippen LogP contribution >= 0.6 is 0 Å². The van der Waals surface area contributed by atoms with Crippen molar-refractivity contribution in [3.05, 3.63) is 60.7 Å². The molecule has 0 unspecified atom stereocenters. The molecule has 29 heavy (non-hydrogen) atoms. The molecule has 148 valence electrons. The number of fused-ring (bicyclic) bond motifs is 2. The molecule has 0 bridgehead atoms. The Morgan fingerprint density at radius 3 is 2.38 bits per heavy atom. The van der Waals surface area contributed by atoms with Crippen molar-refractivity contribution in [1.82, 2.24) is 9.88 Å². The lowest BCUT2D eigenvalue weighted by molar-refractivity contribution is 0.305. The fourth-order valence-corrected chi connectivity index (χ4v) is 5.42. The summed E-state index contributed by atoms with van der Waals surface area (Å²) in [6, 6.07) is 18.4. The molecular weight excluding hydrogens is 386 g/mol. The molecule has 1 fully saturated rings. The lowest BCUT2D eigenvalue weighted by atomic mass is 10.1. The third-order valence-corrected chi connectivity index (χ3v) is 7.31. The van der Waals surface area contributed by atoms with Gasteiger partial charge in [-0.3, -0.25) is 0 Å². The van der Waals surface area contributed by atoms with Crippen LogP contribution in [0.15, 0.2) is 74.9 Å². The predicted molar refractivity (Wildman–Crippen MR) is 113 cm³/mol. The molecule has 1 aliphatic heterocycles. The first-order valence-corrected chi connectivity index (χ1v) is 11.1. The maximum Gasteiger partial charge on any atom is 0.298 e. The predicted octanol–water partition coefficient (Wildman–Crippen LogP) is 3.57. The number of para-hydroxylation sites is 1. The van der Waals surface area contributed by atoms with Crippen molar-refractivity contribution in [1.29, 1.82) is 0 Å². The Kier molecular flexibility index (Phi) is 4.29. The van der Waals surface area contributed by atoms with Crippen LogP contribution < -0.4 is 4.90 Å². The van der Waals surface area contributed by atoms with Crippen LogP contribution in [0.4, 0.5) is 6.01 Å². The molecule has 0 saturated carbocycles. The summed E-state index contributed by atoms with van der Waals surface area (Å²) in [4.78, 5) is 9.31. The van der Waals surface area contributed by atoms with Crippen LogP contribution in [-0.2, 0) is 9.84 Å². The van der Waals surface area contributed by atoms with Gasteiger partial charge in [-0.25, -0.2) is 8.42 Å². The van der Waals surface area contributed by atoms with E-state index in [4.69, 9.17) is 4.42 Å². The van der Waals surface area contributed by atoms with E-state index in [0.717, 1.165) is 31.6 Å². The number of oxazole rings is 1. The van der Waals surface area contributed by atoms with E-state index >= 15 is 0 Å². The van der Waals surface area contributed by atoms with Crippen molar-refractivity contribution >= 4 is 37.7 Å². The lowest BCUT2D eigenvalue weighted by Gasteiger charge is -2.31. The second-order valence-electron chi connectivity index (χ2n) is 7.37. The molecule has 0 radical (unpaired) electrons. The average molecular weight is 407 g/mol.